The minimum atomic E-state index is 0.255. The van der Waals surface area contributed by atoms with Crippen LogP contribution in [0.2, 0.25) is 0 Å². The molecule has 0 radical (unpaired) electrons. The van der Waals surface area contributed by atoms with Gasteiger partial charge in [0.05, 0.1) is 25.8 Å². The van der Waals surface area contributed by atoms with Crippen LogP contribution in [0, 0.1) is 6.92 Å². The standard InChI is InChI=1S/C20H34N4O/c1-3-4-5-6-11-22-20(21)23-16-19(24-12-14-25-15-13-24)18-9-7-17(2)8-10-18/h7-10,19H,3-6,11-16H2,1-2H3,(H3,21,22,23). The van der Waals surface area contributed by atoms with Crippen LogP contribution in [0.3, 0.4) is 0 Å². The van der Waals surface area contributed by atoms with Crippen LogP contribution in [-0.2, 0) is 4.74 Å². The molecule has 1 fully saturated rings. The van der Waals surface area contributed by atoms with Crippen molar-refractivity contribution >= 4 is 5.96 Å². The van der Waals surface area contributed by atoms with E-state index in [-0.39, 0.29) is 6.04 Å². The largest absolute Gasteiger partial charge is 0.379 e. The Hall–Kier alpha value is -1.59. The van der Waals surface area contributed by atoms with Crippen molar-refractivity contribution in [2.24, 2.45) is 10.7 Å². The van der Waals surface area contributed by atoms with Crippen molar-refractivity contribution in [1.29, 1.82) is 0 Å². The number of nitrogens with one attached hydrogen (secondary N) is 1. The van der Waals surface area contributed by atoms with E-state index in [4.69, 9.17) is 10.5 Å². The molecule has 0 saturated carbocycles. The first-order valence-electron chi connectivity index (χ1n) is 9.63. The van der Waals surface area contributed by atoms with E-state index in [1.54, 1.807) is 0 Å². The van der Waals surface area contributed by atoms with E-state index in [0.717, 1.165) is 39.3 Å². The second kappa shape index (κ2) is 11.1. The summed E-state index contributed by atoms with van der Waals surface area (Å²) < 4.78 is 5.50. The lowest BCUT2D eigenvalue weighted by Crippen LogP contribution is -2.41. The van der Waals surface area contributed by atoms with Gasteiger partial charge in [0.1, 0.15) is 0 Å². The van der Waals surface area contributed by atoms with Gasteiger partial charge in [-0.1, -0.05) is 56.0 Å². The Bertz CT molecular complexity index is 509. The number of rotatable bonds is 9. The first-order valence-corrected chi connectivity index (χ1v) is 9.63. The van der Waals surface area contributed by atoms with Crippen molar-refractivity contribution in [3.8, 4) is 0 Å². The zero-order valence-corrected chi connectivity index (χ0v) is 15.8. The molecule has 0 spiro atoms. The Balaban J connectivity index is 1.93. The van der Waals surface area contributed by atoms with Gasteiger partial charge >= 0.3 is 0 Å². The van der Waals surface area contributed by atoms with E-state index in [0.29, 0.717) is 12.5 Å². The normalized spacial score (nSPS) is 17.4. The van der Waals surface area contributed by atoms with Crippen molar-refractivity contribution in [3.05, 3.63) is 35.4 Å². The molecule has 1 aliphatic heterocycles. The Labute approximate surface area is 152 Å². The fourth-order valence-electron chi connectivity index (χ4n) is 3.12. The topological polar surface area (TPSA) is 62.9 Å². The lowest BCUT2D eigenvalue weighted by molar-refractivity contribution is 0.0180. The number of aryl methyl sites for hydroxylation is 1. The number of ether oxygens (including phenoxy) is 1. The van der Waals surface area contributed by atoms with Crippen LogP contribution in [0.5, 0.6) is 0 Å². The molecule has 1 unspecified atom stereocenters. The number of morpholine rings is 1. The predicted molar refractivity (Wildman–Crippen MR) is 105 cm³/mol. The highest BCUT2D eigenvalue weighted by atomic mass is 16.5. The maximum Gasteiger partial charge on any atom is 0.188 e. The van der Waals surface area contributed by atoms with Crippen molar-refractivity contribution in [1.82, 2.24) is 10.2 Å². The van der Waals surface area contributed by atoms with Crippen LogP contribution in [0.1, 0.15) is 49.8 Å². The minimum Gasteiger partial charge on any atom is -0.379 e. The molecule has 0 aliphatic carbocycles. The molecule has 1 aliphatic rings. The van der Waals surface area contributed by atoms with Crippen molar-refractivity contribution < 1.29 is 4.74 Å². The average molecular weight is 347 g/mol. The van der Waals surface area contributed by atoms with E-state index in [1.165, 1.54) is 30.4 Å². The van der Waals surface area contributed by atoms with Gasteiger partial charge in [-0.05, 0) is 18.9 Å². The maximum atomic E-state index is 6.06. The predicted octanol–water partition coefficient (Wildman–Crippen LogP) is 2.85. The van der Waals surface area contributed by atoms with Crippen LogP contribution < -0.4 is 11.1 Å². The Kier molecular flexibility index (Phi) is 8.77. The first-order chi connectivity index (χ1) is 12.2. The molecule has 5 nitrogen and oxygen atoms in total. The number of benzene rings is 1. The number of nitrogens with two attached hydrogens (primary N) is 1. The van der Waals surface area contributed by atoms with E-state index >= 15 is 0 Å². The van der Waals surface area contributed by atoms with Crippen LogP contribution in [-0.4, -0.2) is 50.3 Å². The number of hydrogen-bond donors (Lipinski definition) is 2. The number of nitrogens with zero attached hydrogens (tertiary/aromatic N) is 2. The second-order valence-corrected chi connectivity index (χ2v) is 6.79. The highest BCUT2D eigenvalue weighted by molar-refractivity contribution is 5.77. The summed E-state index contributed by atoms with van der Waals surface area (Å²) in [6.45, 7) is 9.39. The summed E-state index contributed by atoms with van der Waals surface area (Å²) in [5.74, 6) is 0.557. The summed E-state index contributed by atoms with van der Waals surface area (Å²) in [5.41, 5.74) is 8.64. The van der Waals surface area contributed by atoms with Crippen molar-refractivity contribution in [3.63, 3.8) is 0 Å². The molecule has 0 amide bonds. The Morgan fingerprint density at radius 1 is 1.20 bits per heavy atom. The quantitative estimate of drug-likeness (QED) is 0.410. The number of hydrogen-bond acceptors (Lipinski definition) is 3. The van der Waals surface area contributed by atoms with Gasteiger partial charge in [0.25, 0.3) is 0 Å². The monoisotopic (exact) mass is 346 g/mol. The molecule has 1 aromatic carbocycles. The van der Waals surface area contributed by atoms with Crippen LogP contribution >= 0.6 is 0 Å². The van der Waals surface area contributed by atoms with Gasteiger partial charge in [-0.25, -0.2) is 0 Å². The molecule has 140 valence electrons. The Morgan fingerprint density at radius 2 is 1.92 bits per heavy atom. The summed E-state index contributed by atoms with van der Waals surface area (Å²) >= 11 is 0. The summed E-state index contributed by atoms with van der Waals surface area (Å²) in [5, 5.41) is 3.24. The van der Waals surface area contributed by atoms with E-state index in [2.05, 4.69) is 53.3 Å². The highest BCUT2D eigenvalue weighted by Crippen LogP contribution is 2.22. The molecular weight excluding hydrogens is 312 g/mol. The number of guanidine groups is 1. The van der Waals surface area contributed by atoms with E-state index in [1.807, 2.05) is 0 Å². The number of aliphatic imine (C=N–C) groups is 1. The van der Waals surface area contributed by atoms with Crippen LogP contribution in [0.25, 0.3) is 0 Å². The lowest BCUT2D eigenvalue weighted by Gasteiger charge is -2.34. The van der Waals surface area contributed by atoms with Crippen LogP contribution in [0.15, 0.2) is 29.3 Å². The number of unbranched alkanes of at least 4 members (excludes halogenated alkanes) is 3. The molecule has 3 N–H and O–H groups in total. The molecule has 1 atom stereocenters. The minimum absolute atomic E-state index is 0.255. The lowest BCUT2D eigenvalue weighted by atomic mass is 10.0. The van der Waals surface area contributed by atoms with Gasteiger partial charge in [-0.15, -0.1) is 0 Å². The molecule has 1 aromatic rings. The van der Waals surface area contributed by atoms with Crippen LogP contribution in [0.4, 0.5) is 0 Å². The summed E-state index contributed by atoms with van der Waals surface area (Å²) in [4.78, 5) is 7.07. The van der Waals surface area contributed by atoms with Gasteiger partial charge < -0.3 is 15.8 Å². The smallest absolute Gasteiger partial charge is 0.188 e. The molecular formula is C20H34N4O. The van der Waals surface area contributed by atoms with Crippen molar-refractivity contribution in [2.75, 3.05) is 39.4 Å². The zero-order chi connectivity index (χ0) is 17.9. The average Bonchev–Trinajstić information content (AvgIpc) is 2.64. The van der Waals surface area contributed by atoms with Gasteiger partial charge in [-0.3, -0.25) is 9.89 Å². The van der Waals surface area contributed by atoms with Crippen molar-refractivity contribution in [2.45, 2.75) is 45.6 Å². The molecule has 0 bridgehead atoms. The molecule has 25 heavy (non-hydrogen) atoms. The molecule has 5 heteroatoms. The maximum absolute atomic E-state index is 6.06. The highest BCUT2D eigenvalue weighted by Gasteiger charge is 2.22. The third-order valence-corrected chi connectivity index (χ3v) is 4.72. The third-order valence-electron chi connectivity index (χ3n) is 4.72. The van der Waals surface area contributed by atoms with Gasteiger partial charge in [0.15, 0.2) is 5.96 Å². The summed E-state index contributed by atoms with van der Waals surface area (Å²) in [7, 11) is 0. The molecule has 2 rings (SSSR count). The fourth-order valence-corrected chi connectivity index (χ4v) is 3.12. The Morgan fingerprint density at radius 3 is 2.60 bits per heavy atom. The molecule has 1 heterocycles. The molecule has 1 saturated heterocycles. The first kappa shape index (κ1) is 19.7. The third kappa shape index (κ3) is 7.04. The fraction of sp³-hybridized carbons (Fsp3) is 0.650. The summed E-state index contributed by atoms with van der Waals surface area (Å²) in [6, 6.07) is 9.01. The SMILES string of the molecule is CCCCCCNC(N)=NCC(c1ccc(C)cc1)N1CCOCC1. The summed E-state index contributed by atoms with van der Waals surface area (Å²) in [6.07, 6.45) is 4.93. The zero-order valence-electron chi connectivity index (χ0n) is 15.8. The van der Waals surface area contributed by atoms with Gasteiger partial charge in [0.2, 0.25) is 0 Å². The van der Waals surface area contributed by atoms with Gasteiger partial charge in [0, 0.05) is 19.6 Å². The van der Waals surface area contributed by atoms with E-state index in [9.17, 15) is 0 Å². The molecule has 0 aromatic heterocycles. The second-order valence-electron chi connectivity index (χ2n) is 6.79. The van der Waals surface area contributed by atoms with E-state index < -0.39 is 0 Å². The van der Waals surface area contributed by atoms with Gasteiger partial charge in [-0.2, -0.15) is 0 Å².